The second-order valence-electron chi connectivity index (χ2n) is 10.0. The fraction of sp³-hybridized carbons (Fsp3) is 0.464. The van der Waals surface area contributed by atoms with E-state index in [1.165, 1.54) is 18.2 Å². The molecule has 0 unspecified atom stereocenters. The van der Waals surface area contributed by atoms with Crippen molar-refractivity contribution in [3.05, 3.63) is 71.0 Å². The summed E-state index contributed by atoms with van der Waals surface area (Å²) in [6, 6.07) is 12.1. The van der Waals surface area contributed by atoms with E-state index in [0.29, 0.717) is 44.6 Å². The molecule has 1 N–H and O–H groups in total. The molecule has 3 aliphatic heterocycles. The number of halogens is 1. The zero-order valence-electron chi connectivity index (χ0n) is 21.0. The number of rotatable bonds is 5. The predicted molar refractivity (Wildman–Crippen MR) is 133 cm³/mol. The molecule has 3 aliphatic rings. The average Bonchev–Trinajstić information content (AvgIpc) is 3.55. The number of piperidine rings is 1. The zero-order chi connectivity index (χ0) is 26.0. The van der Waals surface area contributed by atoms with Gasteiger partial charge in [-0.15, -0.1) is 0 Å². The summed E-state index contributed by atoms with van der Waals surface area (Å²) < 4.78 is 25.5. The van der Waals surface area contributed by atoms with Crippen molar-refractivity contribution >= 4 is 17.7 Å². The monoisotopic (exact) mass is 509 g/mol. The summed E-state index contributed by atoms with van der Waals surface area (Å²) >= 11 is 0. The summed E-state index contributed by atoms with van der Waals surface area (Å²) in [6.07, 6.45) is 2.55. The van der Waals surface area contributed by atoms with Gasteiger partial charge in [0.1, 0.15) is 17.6 Å². The summed E-state index contributed by atoms with van der Waals surface area (Å²) in [4.78, 5) is 43.3. The largest absolute Gasteiger partial charge is 0.376 e. The highest BCUT2D eigenvalue weighted by atomic mass is 19.1. The van der Waals surface area contributed by atoms with Gasteiger partial charge in [-0.05, 0) is 50.1 Å². The van der Waals surface area contributed by atoms with E-state index < -0.39 is 17.6 Å². The zero-order valence-corrected chi connectivity index (χ0v) is 21.0. The first-order valence-electron chi connectivity index (χ1n) is 12.8. The molecule has 0 bridgehead atoms. The van der Waals surface area contributed by atoms with Crippen molar-refractivity contribution in [2.75, 3.05) is 32.8 Å². The molecule has 3 heterocycles. The maximum atomic E-state index is 13.8. The van der Waals surface area contributed by atoms with Gasteiger partial charge in [0.05, 0.1) is 12.7 Å². The van der Waals surface area contributed by atoms with Crippen LogP contribution in [0, 0.1) is 12.7 Å². The molecule has 3 fully saturated rings. The normalized spacial score (nSPS) is 22.9. The molecule has 0 aliphatic carbocycles. The second-order valence-corrected chi connectivity index (χ2v) is 10.0. The molecule has 5 rings (SSSR count). The summed E-state index contributed by atoms with van der Waals surface area (Å²) in [5, 5.41) is 2.95. The number of amides is 3. The van der Waals surface area contributed by atoms with E-state index >= 15 is 0 Å². The Hall–Kier alpha value is -3.30. The predicted octanol–water partition coefficient (Wildman–Crippen LogP) is 2.90. The molecule has 3 amide bonds. The number of carbonyl (C=O) groups excluding carboxylic acids is 3. The Bertz CT molecular complexity index is 1170. The van der Waals surface area contributed by atoms with E-state index in [0.717, 1.165) is 18.4 Å². The smallest absolute Gasteiger partial charge is 0.256 e. The highest BCUT2D eigenvalue weighted by Gasteiger charge is 2.54. The minimum atomic E-state index is -1.01. The number of nitrogens with one attached hydrogen (secondary N) is 1. The van der Waals surface area contributed by atoms with Crippen LogP contribution in [0.4, 0.5) is 4.39 Å². The molecule has 1 spiro atoms. The van der Waals surface area contributed by atoms with Crippen LogP contribution in [0.1, 0.15) is 52.0 Å². The van der Waals surface area contributed by atoms with Crippen LogP contribution in [0.5, 0.6) is 0 Å². The lowest BCUT2D eigenvalue weighted by Gasteiger charge is -2.44. The first-order chi connectivity index (χ1) is 17.9. The Balaban J connectivity index is 1.35. The van der Waals surface area contributed by atoms with Crippen molar-refractivity contribution in [1.82, 2.24) is 15.1 Å². The lowest BCUT2D eigenvalue weighted by Crippen LogP contribution is -2.60. The molecule has 0 saturated carbocycles. The van der Waals surface area contributed by atoms with Crippen LogP contribution in [0.25, 0.3) is 0 Å². The minimum absolute atomic E-state index is 0.0155. The number of ether oxygens (including phenoxy) is 2. The van der Waals surface area contributed by atoms with Gasteiger partial charge in [-0.2, -0.15) is 0 Å². The third kappa shape index (κ3) is 5.24. The molecule has 3 saturated heterocycles. The Morgan fingerprint density at radius 3 is 2.46 bits per heavy atom. The molecule has 2 aromatic carbocycles. The van der Waals surface area contributed by atoms with Crippen LogP contribution >= 0.6 is 0 Å². The molecule has 0 radical (unpaired) electrons. The minimum Gasteiger partial charge on any atom is -0.376 e. The molecule has 196 valence electrons. The first kappa shape index (κ1) is 25.4. The van der Waals surface area contributed by atoms with E-state index in [-0.39, 0.29) is 36.0 Å². The maximum absolute atomic E-state index is 13.8. The average molecular weight is 510 g/mol. The highest BCUT2D eigenvalue weighted by molar-refractivity contribution is 5.99. The van der Waals surface area contributed by atoms with E-state index in [1.54, 1.807) is 28.0 Å². The maximum Gasteiger partial charge on any atom is 0.256 e. The van der Waals surface area contributed by atoms with Crippen LogP contribution in [0.3, 0.4) is 0 Å². The summed E-state index contributed by atoms with van der Waals surface area (Å²) in [5.74, 6) is -1.28. The Morgan fingerprint density at radius 1 is 1.05 bits per heavy atom. The third-order valence-corrected chi connectivity index (χ3v) is 7.48. The van der Waals surface area contributed by atoms with Gasteiger partial charge in [0.2, 0.25) is 5.91 Å². The van der Waals surface area contributed by atoms with Gasteiger partial charge < -0.3 is 19.7 Å². The van der Waals surface area contributed by atoms with Crippen LogP contribution < -0.4 is 5.32 Å². The van der Waals surface area contributed by atoms with Crippen LogP contribution in [0.15, 0.2) is 48.5 Å². The van der Waals surface area contributed by atoms with Crippen molar-refractivity contribution in [2.45, 2.75) is 50.5 Å². The Kier molecular flexibility index (Phi) is 7.26. The van der Waals surface area contributed by atoms with Gasteiger partial charge in [-0.25, -0.2) is 4.39 Å². The van der Waals surface area contributed by atoms with Gasteiger partial charge >= 0.3 is 0 Å². The number of likely N-dealkylation sites (tertiary alicyclic amines) is 1. The molecular weight excluding hydrogens is 477 g/mol. The topological polar surface area (TPSA) is 88.2 Å². The number of hydrogen-bond donors (Lipinski definition) is 1. The van der Waals surface area contributed by atoms with Crippen LogP contribution in [-0.4, -0.2) is 78.2 Å². The van der Waals surface area contributed by atoms with E-state index in [1.807, 2.05) is 19.1 Å². The number of hydrogen-bond acceptors (Lipinski definition) is 5. The summed E-state index contributed by atoms with van der Waals surface area (Å²) in [7, 11) is 0. The van der Waals surface area contributed by atoms with Crippen molar-refractivity contribution in [3.63, 3.8) is 0 Å². The van der Waals surface area contributed by atoms with Gasteiger partial charge in [-0.1, -0.05) is 23.8 Å². The summed E-state index contributed by atoms with van der Waals surface area (Å²) in [6.45, 7) is 3.71. The fourth-order valence-electron chi connectivity index (χ4n) is 5.48. The van der Waals surface area contributed by atoms with Crippen LogP contribution in [0.2, 0.25) is 0 Å². The van der Waals surface area contributed by atoms with Gasteiger partial charge in [0.25, 0.3) is 11.8 Å². The highest BCUT2D eigenvalue weighted by Crippen LogP contribution is 2.39. The number of nitrogens with zero attached hydrogens (tertiary/aromatic N) is 2. The van der Waals surface area contributed by atoms with Crippen LogP contribution in [-0.2, 0) is 14.3 Å². The molecule has 37 heavy (non-hydrogen) atoms. The number of aryl methyl sites for hydroxylation is 1. The third-order valence-electron chi connectivity index (χ3n) is 7.48. The van der Waals surface area contributed by atoms with E-state index in [2.05, 4.69) is 5.32 Å². The first-order valence-corrected chi connectivity index (χ1v) is 12.8. The SMILES string of the molecule is Cc1cccc(C(=O)N2[C@H](C(=O)NC[C@@H]3CCCO3)COC23CCN(C(=O)c2cccc(F)c2)CC3)c1. The standard InChI is InChI=1S/C28H32FN3O5/c1-19-5-2-6-20(15-19)27(35)32-24(25(33)30-17-23-9-4-14-36-23)18-37-28(32)10-12-31(13-11-28)26(34)21-7-3-8-22(29)16-21/h2-3,5-8,15-16,23-24H,4,9-14,17-18H2,1H3,(H,30,33)/t23-,24-/m0/s1. The lowest BCUT2D eigenvalue weighted by molar-refractivity contribution is -0.128. The van der Waals surface area contributed by atoms with Gasteiger partial charge in [-0.3, -0.25) is 19.3 Å². The summed E-state index contributed by atoms with van der Waals surface area (Å²) in [5.41, 5.74) is 0.697. The second kappa shape index (κ2) is 10.6. The quantitative estimate of drug-likeness (QED) is 0.670. The van der Waals surface area contributed by atoms with Gasteiger partial charge in [0, 0.05) is 50.2 Å². The molecule has 8 nitrogen and oxygen atoms in total. The molecular formula is C28H32FN3O5. The number of carbonyl (C=O) groups is 3. The van der Waals surface area contributed by atoms with Crippen molar-refractivity contribution in [2.24, 2.45) is 0 Å². The molecule has 9 heteroatoms. The van der Waals surface area contributed by atoms with Gasteiger partial charge in [0.15, 0.2) is 0 Å². The van der Waals surface area contributed by atoms with Crippen molar-refractivity contribution in [1.29, 1.82) is 0 Å². The Labute approximate surface area is 215 Å². The van der Waals surface area contributed by atoms with Crippen molar-refractivity contribution in [3.8, 4) is 0 Å². The Morgan fingerprint density at radius 2 is 1.78 bits per heavy atom. The fourth-order valence-corrected chi connectivity index (χ4v) is 5.48. The van der Waals surface area contributed by atoms with E-state index in [9.17, 15) is 18.8 Å². The molecule has 2 aromatic rings. The van der Waals surface area contributed by atoms with E-state index in [4.69, 9.17) is 9.47 Å². The molecule has 2 atom stereocenters. The molecule has 0 aromatic heterocycles. The van der Waals surface area contributed by atoms with Crippen molar-refractivity contribution < 1.29 is 28.2 Å². The lowest BCUT2D eigenvalue weighted by atomic mass is 9.95. The number of benzene rings is 2.